The monoisotopic (exact) mass is 211 g/mol. The average Bonchev–Trinajstić information content (AvgIpc) is 2.28. The van der Waals surface area contributed by atoms with Gasteiger partial charge in [0, 0.05) is 0 Å². The van der Waals surface area contributed by atoms with Crippen LogP contribution in [0.4, 0.5) is 0 Å². The minimum Gasteiger partial charge on any atom is -0.502 e. The van der Waals surface area contributed by atoms with Crippen molar-refractivity contribution < 1.29 is 23.5 Å². The van der Waals surface area contributed by atoms with Gasteiger partial charge in [-0.05, 0) is 23.8 Å². The SMILES string of the molecule is [2H]C([2H])([2H])Oc1cc(/C=C/C=O)cc(OC)c1O. The Kier molecular flexibility index (Phi) is 2.47. The third kappa shape index (κ3) is 2.49. The van der Waals surface area contributed by atoms with Crippen LogP contribution < -0.4 is 9.47 Å². The second kappa shape index (κ2) is 5.05. The van der Waals surface area contributed by atoms with Gasteiger partial charge in [0.05, 0.1) is 18.3 Å². The Balaban J connectivity index is 3.22. The molecule has 0 unspecified atom stereocenters. The van der Waals surface area contributed by atoms with Crippen LogP contribution in [0.15, 0.2) is 18.2 Å². The minimum absolute atomic E-state index is 0.0577. The number of aromatic hydroxyl groups is 1. The molecule has 1 N–H and O–H groups in total. The van der Waals surface area contributed by atoms with Crippen LogP contribution in [-0.4, -0.2) is 25.5 Å². The number of ether oxygens (including phenoxy) is 2. The molecule has 0 amide bonds. The molecule has 15 heavy (non-hydrogen) atoms. The Morgan fingerprint density at radius 2 is 2.07 bits per heavy atom. The third-order valence-corrected chi connectivity index (χ3v) is 1.76. The summed E-state index contributed by atoms with van der Waals surface area (Å²) in [5, 5.41) is 9.71. The average molecular weight is 211 g/mol. The van der Waals surface area contributed by atoms with Gasteiger partial charge in [0.25, 0.3) is 0 Å². The van der Waals surface area contributed by atoms with E-state index in [1.165, 1.54) is 31.4 Å². The number of rotatable bonds is 4. The smallest absolute Gasteiger partial charge is 0.200 e. The van der Waals surface area contributed by atoms with Crippen molar-refractivity contribution in [2.75, 3.05) is 14.1 Å². The molecule has 0 aliphatic carbocycles. The summed E-state index contributed by atoms with van der Waals surface area (Å²) in [6.07, 6.45) is 3.23. The molecule has 0 spiro atoms. The molecule has 0 aliphatic rings. The van der Waals surface area contributed by atoms with Crippen LogP contribution in [0.2, 0.25) is 0 Å². The van der Waals surface area contributed by atoms with Gasteiger partial charge in [0.1, 0.15) is 6.29 Å². The van der Waals surface area contributed by atoms with E-state index in [-0.39, 0.29) is 11.5 Å². The van der Waals surface area contributed by atoms with Crippen LogP contribution in [0.1, 0.15) is 9.68 Å². The predicted octanol–water partition coefficient (Wildman–Crippen LogP) is 1.62. The lowest BCUT2D eigenvalue weighted by atomic mass is 10.1. The molecule has 0 radical (unpaired) electrons. The molecule has 0 bridgehead atoms. The number of phenols is 1. The van der Waals surface area contributed by atoms with Crippen LogP contribution >= 0.6 is 0 Å². The van der Waals surface area contributed by atoms with Crippen LogP contribution in [0, 0.1) is 0 Å². The lowest BCUT2D eigenvalue weighted by Crippen LogP contribution is -1.90. The Morgan fingerprint density at radius 3 is 2.60 bits per heavy atom. The Labute approximate surface area is 92.0 Å². The van der Waals surface area contributed by atoms with Crippen molar-refractivity contribution in [1.29, 1.82) is 0 Å². The number of phenolic OH excluding ortho intramolecular Hbond substituents is 1. The molecule has 0 heterocycles. The summed E-state index contributed by atoms with van der Waals surface area (Å²) in [6, 6.07) is 2.74. The molecule has 4 nitrogen and oxygen atoms in total. The molecule has 0 atom stereocenters. The molecule has 0 aromatic heterocycles. The first-order valence-electron chi connectivity index (χ1n) is 5.59. The van der Waals surface area contributed by atoms with E-state index < -0.39 is 12.8 Å². The first-order valence-corrected chi connectivity index (χ1v) is 4.09. The molecular formula is C11H12O4. The number of allylic oxidation sites excluding steroid dienone is 1. The molecule has 0 saturated carbocycles. The first-order chi connectivity index (χ1) is 8.37. The number of benzene rings is 1. The van der Waals surface area contributed by atoms with Crippen molar-refractivity contribution in [1.82, 2.24) is 0 Å². The topological polar surface area (TPSA) is 55.8 Å². The number of carbonyl (C=O) groups is 1. The summed E-state index contributed by atoms with van der Waals surface area (Å²) in [7, 11) is -1.36. The molecule has 0 aliphatic heterocycles. The first kappa shape index (κ1) is 7.34. The number of hydrogen-bond acceptors (Lipinski definition) is 4. The number of hydrogen-bond donors (Lipinski definition) is 1. The normalized spacial score (nSPS) is 14.1. The maximum Gasteiger partial charge on any atom is 0.200 e. The highest BCUT2D eigenvalue weighted by Gasteiger charge is 2.09. The van der Waals surface area contributed by atoms with E-state index in [9.17, 15) is 9.90 Å². The van der Waals surface area contributed by atoms with E-state index in [2.05, 4.69) is 4.74 Å². The molecule has 0 saturated heterocycles. The zero-order valence-corrected chi connectivity index (χ0v) is 8.06. The molecule has 1 aromatic rings. The van der Waals surface area contributed by atoms with E-state index >= 15 is 0 Å². The van der Waals surface area contributed by atoms with Gasteiger partial charge < -0.3 is 14.6 Å². The van der Waals surface area contributed by atoms with Crippen molar-refractivity contribution in [3.8, 4) is 17.2 Å². The molecule has 80 valence electrons. The van der Waals surface area contributed by atoms with Gasteiger partial charge in [-0.2, -0.15) is 0 Å². The van der Waals surface area contributed by atoms with Gasteiger partial charge in [-0.25, -0.2) is 0 Å². The summed E-state index contributed by atoms with van der Waals surface area (Å²) in [5.74, 6) is -0.584. The minimum atomic E-state index is -2.69. The highest BCUT2D eigenvalue weighted by Crippen LogP contribution is 2.37. The number of carbonyl (C=O) groups excluding carboxylic acids is 1. The lowest BCUT2D eigenvalue weighted by molar-refractivity contribution is -0.104. The summed E-state index contributed by atoms with van der Waals surface area (Å²) in [6.45, 7) is 0. The quantitative estimate of drug-likeness (QED) is 0.607. The molecule has 0 fully saturated rings. The van der Waals surface area contributed by atoms with Crippen LogP contribution in [-0.2, 0) is 4.79 Å². The Hall–Kier alpha value is -1.97. The van der Waals surface area contributed by atoms with Crippen molar-refractivity contribution in [3.63, 3.8) is 0 Å². The largest absolute Gasteiger partial charge is 0.502 e. The summed E-state index contributed by atoms with van der Waals surface area (Å²) in [5.41, 5.74) is 0.469. The van der Waals surface area contributed by atoms with E-state index in [0.717, 1.165) is 0 Å². The maximum atomic E-state index is 10.2. The van der Waals surface area contributed by atoms with Crippen LogP contribution in [0.25, 0.3) is 6.08 Å². The van der Waals surface area contributed by atoms with Crippen molar-refractivity contribution >= 4 is 12.4 Å². The Morgan fingerprint density at radius 1 is 1.40 bits per heavy atom. The maximum absolute atomic E-state index is 10.2. The van der Waals surface area contributed by atoms with E-state index in [1.807, 2.05) is 0 Å². The third-order valence-electron chi connectivity index (χ3n) is 1.76. The van der Waals surface area contributed by atoms with Crippen LogP contribution in [0.5, 0.6) is 17.2 Å². The van der Waals surface area contributed by atoms with E-state index in [4.69, 9.17) is 8.85 Å². The molecule has 1 rings (SSSR count). The second-order valence-corrected chi connectivity index (χ2v) is 2.67. The number of methoxy groups -OCH3 is 2. The fourth-order valence-corrected chi connectivity index (χ4v) is 1.08. The zero-order valence-electron chi connectivity index (χ0n) is 11.1. The fourth-order valence-electron chi connectivity index (χ4n) is 1.08. The predicted molar refractivity (Wildman–Crippen MR) is 56.3 cm³/mol. The summed E-state index contributed by atoms with van der Waals surface area (Å²) in [4.78, 5) is 10.2. The van der Waals surface area contributed by atoms with E-state index in [0.29, 0.717) is 11.8 Å². The lowest BCUT2D eigenvalue weighted by Gasteiger charge is -2.09. The van der Waals surface area contributed by atoms with Gasteiger partial charge in [-0.15, -0.1) is 0 Å². The van der Waals surface area contributed by atoms with Gasteiger partial charge >= 0.3 is 0 Å². The highest BCUT2D eigenvalue weighted by molar-refractivity contribution is 5.75. The van der Waals surface area contributed by atoms with Crippen molar-refractivity contribution in [3.05, 3.63) is 23.8 Å². The fraction of sp³-hybridized carbons (Fsp3) is 0.182. The van der Waals surface area contributed by atoms with Crippen molar-refractivity contribution in [2.24, 2.45) is 0 Å². The molecular weight excluding hydrogens is 196 g/mol. The van der Waals surface area contributed by atoms with Crippen molar-refractivity contribution in [2.45, 2.75) is 0 Å². The Bertz CT molecular complexity index is 466. The van der Waals surface area contributed by atoms with Gasteiger partial charge in [-0.3, -0.25) is 4.79 Å². The zero-order chi connectivity index (χ0) is 13.8. The van der Waals surface area contributed by atoms with Gasteiger partial charge in [0.2, 0.25) is 5.75 Å². The molecule has 1 aromatic carbocycles. The summed E-state index contributed by atoms with van der Waals surface area (Å²) < 4.78 is 30.5. The van der Waals surface area contributed by atoms with Gasteiger partial charge in [-0.1, -0.05) is 6.08 Å². The highest BCUT2D eigenvalue weighted by atomic mass is 16.5. The molecule has 4 heteroatoms. The standard InChI is InChI=1S/C11H12O4/c1-14-9-6-8(4-3-5-12)7-10(15-2)11(9)13/h3-7,13H,1-2H3/b4-3+/i1D3. The summed E-state index contributed by atoms with van der Waals surface area (Å²) >= 11 is 0. The van der Waals surface area contributed by atoms with Gasteiger partial charge in [0.15, 0.2) is 11.5 Å². The van der Waals surface area contributed by atoms with Crippen LogP contribution in [0.3, 0.4) is 0 Å². The second-order valence-electron chi connectivity index (χ2n) is 2.67. The number of aldehydes is 1. The van der Waals surface area contributed by atoms with E-state index in [1.54, 1.807) is 0 Å².